The first-order valence-corrected chi connectivity index (χ1v) is 5.44. The van der Waals surface area contributed by atoms with Crippen LogP contribution in [0, 0.1) is 12.8 Å². The van der Waals surface area contributed by atoms with Crippen LogP contribution in [0.4, 0.5) is 0 Å². The molecule has 6 heteroatoms. The quantitative estimate of drug-likeness (QED) is 0.678. The Hall–Kier alpha value is -1.43. The van der Waals surface area contributed by atoms with Crippen molar-refractivity contribution < 1.29 is 4.79 Å². The number of nitrogens with zero attached hydrogens (tertiary/aromatic N) is 1. The summed E-state index contributed by atoms with van der Waals surface area (Å²) in [5, 5.41) is 9.29. The van der Waals surface area contributed by atoms with Crippen LogP contribution in [0.1, 0.15) is 29.9 Å². The van der Waals surface area contributed by atoms with Crippen molar-refractivity contribution in [1.29, 1.82) is 0 Å². The third-order valence-corrected chi connectivity index (χ3v) is 2.59. The fourth-order valence-corrected chi connectivity index (χ4v) is 1.70. The lowest BCUT2D eigenvalue weighted by Crippen LogP contribution is -2.46. The molecule has 0 saturated carbocycles. The Morgan fingerprint density at radius 2 is 2.25 bits per heavy atom. The van der Waals surface area contributed by atoms with Gasteiger partial charge in [0.05, 0.1) is 22.8 Å². The minimum absolute atomic E-state index is 0.161. The maximum Gasteiger partial charge on any atom is 0.255 e. The highest BCUT2D eigenvalue weighted by molar-refractivity contribution is 7.80. The van der Waals surface area contributed by atoms with Crippen LogP contribution < -0.4 is 11.1 Å². The summed E-state index contributed by atoms with van der Waals surface area (Å²) in [5.74, 6) is -0.0496. The molecule has 16 heavy (non-hydrogen) atoms. The summed E-state index contributed by atoms with van der Waals surface area (Å²) in [7, 11) is 0. The molecular formula is C10H16N4OS. The summed E-state index contributed by atoms with van der Waals surface area (Å²) < 4.78 is 0. The third kappa shape index (κ3) is 2.79. The number of hydrogen-bond donors (Lipinski definition) is 3. The van der Waals surface area contributed by atoms with Gasteiger partial charge in [0.15, 0.2) is 0 Å². The molecule has 5 nitrogen and oxygen atoms in total. The van der Waals surface area contributed by atoms with Crippen molar-refractivity contribution in [3.8, 4) is 0 Å². The molecule has 0 aliphatic carbocycles. The number of carbonyl (C=O) groups is 1. The molecule has 0 aromatic carbocycles. The van der Waals surface area contributed by atoms with Gasteiger partial charge in [-0.15, -0.1) is 0 Å². The van der Waals surface area contributed by atoms with Gasteiger partial charge in [-0.2, -0.15) is 5.10 Å². The van der Waals surface area contributed by atoms with Crippen LogP contribution >= 0.6 is 12.2 Å². The number of amides is 1. The van der Waals surface area contributed by atoms with Gasteiger partial charge in [-0.05, 0) is 12.8 Å². The maximum atomic E-state index is 11.9. The Bertz CT molecular complexity index is 399. The zero-order valence-corrected chi connectivity index (χ0v) is 10.4. The average Bonchev–Trinajstić information content (AvgIpc) is 2.59. The lowest BCUT2D eigenvalue weighted by atomic mass is 10.0. The fraction of sp³-hybridized carbons (Fsp3) is 0.500. The molecule has 1 aromatic heterocycles. The molecule has 0 radical (unpaired) electrons. The second-order valence-electron chi connectivity index (χ2n) is 4.01. The number of aryl methyl sites for hydroxylation is 1. The summed E-state index contributed by atoms with van der Waals surface area (Å²) in [6, 6.07) is -0.295. The summed E-state index contributed by atoms with van der Waals surface area (Å²) in [4.78, 5) is 12.2. The van der Waals surface area contributed by atoms with Gasteiger partial charge in [0.2, 0.25) is 0 Å². The highest BCUT2D eigenvalue weighted by atomic mass is 32.1. The van der Waals surface area contributed by atoms with Crippen LogP contribution in [0.3, 0.4) is 0 Å². The molecule has 1 amide bonds. The van der Waals surface area contributed by atoms with Crippen molar-refractivity contribution in [2.45, 2.75) is 26.8 Å². The largest absolute Gasteiger partial charge is 0.392 e. The molecule has 0 spiro atoms. The first kappa shape index (κ1) is 12.6. The Morgan fingerprint density at radius 1 is 1.62 bits per heavy atom. The second kappa shape index (κ2) is 5.07. The van der Waals surface area contributed by atoms with Gasteiger partial charge in [-0.1, -0.05) is 26.1 Å². The monoisotopic (exact) mass is 240 g/mol. The second-order valence-corrected chi connectivity index (χ2v) is 4.48. The fourth-order valence-electron chi connectivity index (χ4n) is 1.36. The maximum absolute atomic E-state index is 11.9. The first-order valence-electron chi connectivity index (χ1n) is 5.03. The third-order valence-electron chi connectivity index (χ3n) is 2.33. The molecule has 0 aliphatic rings. The van der Waals surface area contributed by atoms with Gasteiger partial charge in [0.1, 0.15) is 0 Å². The number of thiocarbonyl (C=S) groups is 1. The van der Waals surface area contributed by atoms with Gasteiger partial charge in [-0.25, -0.2) is 0 Å². The number of aromatic amines is 1. The lowest BCUT2D eigenvalue weighted by molar-refractivity contribution is 0.0939. The van der Waals surface area contributed by atoms with E-state index in [4.69, 9.17) is 18.0 Å². The van der Waals surface area contributed by atoms with Crippen LogP contribution in [-0.4, -0.2) is 27.1 Å². The first-order chi connectivity index (χ1) is 7.43. The van der Waals surface area contributed by atoms with E-state index in [1.807, 2.05) is 13.8 Å². The van der Waals surface area contributed by atoms with E-state index >= 15 is 0 Å². The van der Waals surface area contributed by atoms with Gasteiger partial charge in [0, 0.05) is 5.69 Å². The lowest BCUT2D eigenvalue weighted by Gasteiger charge is -2.20. The molecule has 0 fully saturated rings. The van der Waals surface area contributed by atoms with E-state index in [0.717, 1.165) is 5.69 Å². The summed E-state index contributed by atoms with van der Waals surface area (Å²) in [5.41, 5.74) is 6.81. The molecule has 1 atom stereocenters. The molecule has 1 unspecified atom stereocenters. The minimum Gasteiger partial charge on any atom is -0.392 e. The number of carbonyl (C=O) groups excluding carboxylic acids is 1. The predicted molar refractivity (Wildman–Crippen MR) is 66.2 cm³/mol. The van der Waals surface area contributed by atoms with Gasteiger partial charge in [0.25, 0.3) is 5.91 Å². The summed E-state index contributed by atoms with van der Waals surface area (Å²) in [6.07, 6.45) is 1.49. The molecule has 88 valence electrons. The van der Waals surface area contributed by atoms with Crippen molar-refractivity contribution in [3.05, 3.63) is 17.5 Å². The van der Waals surface area contributed by atoms with E-state index < -0.39 is 0 Å². The van der Waals surface area contributed by atoms with Gasteiger partial charge >= 0.3 is 0 Å². The zero-order chi connectivity index (χ0) is 12.3. The Morgan fingerprint density at radius 3 is 2.62 bits per heavy atom. The minimum atomic E-state index is -0.295. The van der Waals surface area contributed by atoms with Crippen LogP contribution in [0.2, 0.25) is 0 Å². The smallest absolute Gasteiger partial charge is 0.255 e. The van der Waals surface area contributed by atoms with E-state index in [0.29, 0.717) is 10.6 Å². The van der Waals surface area contributed by atoms with Crippen LogP contribution in [0.15, 0.2) is 6.20 Å². The number of hydrogen-bond acceptors (Lipinski definition) is 3. The van der Waals surface area contributed by atoms with E-state index in [2.05, 4.69) is 15.5 Å². The average molecular weight is 240 g/mol. The predicted octanol–water partition coefficient (Wildman–Crippen LogP) is 0.759. The highest BCUT2D eigenvalue weighted by Gasteiger charge is 2.20. The number of nitrogens with two attached hydrogens (primary N) is 1. The Labute approximate surface area is 99.8 Å². The molecule has 1 aromatic rings. The van der Waals surface area contributed by atoms with Crippen molar-refractivity contribution in [3.63, 3.8) is 0 Å². The SMILES string of the molecule is Cc1[nH]ncc1C(=O)NC(C(N)=S)C(C)C. The highest BCUT2D eigenvalue weighted by Crippen LogP contribution is 2.06. The molecule has 1 rings (SSSR count). The molecular weight excluding hydrogens is 224 g/mol. The molecule has 0 aliphatic heterocycles. The van der Waals surface area contributed by atoms with Crippen LogP contribution in [0.25, 0.3) is 0 Å². The number of nitrogens with one attached hydrogen (secondary N) is 2. The van der Waals surface area contributed by atoms with E-state index in [1.165, 1.54) is 6.20 Å². The van der Waals surface area contributed by atoms with Gasteiger partial charge in [-0.3, -0.25) is 9.89 Å². The van der Waals surface area contributed by atoms with Crippen LogP contribution in [-0.2, 0) is 0 Å². The topological polar surface area (TPSA) is 83.8 Å². The molecule has 1 heterocycles. The van der Waals surface area contributed by atoms with Crippen LogP contribution in [0.5, 0.6) is 0 Å². The van der Waals surface area contributed by atoms with Crippen molar-refractivity contribution in [2.24, 2.45) is 11.7 Å². The standard InChI is InChI=1S/C10H16N4OS/c1-5(2)8(9(11)16)13-10(15)7-4-12-14-6(7)3/h4-5,8H,1-3H3,(H2,11,16)(H,12,14)(H,13,15). The van der Waals surface area contributed by atoms with Gasteiger partial charge < -0.3 is 11.1 Å². The normalized spacial score (nSPS) is 12.5. The Balaban J connectivity index is 2.77. The number of aromatic nitrogens is 2. The zero-order valence-electron chi connectivity index (χ0n) is 9.57. The summed E-state index contributed by atoms with van der Waals surface area (Å²) >= 11 is 4.91. The van der Waals surface area contributed by atoms with E-state index in [1.54, 1.807) is 6.92 Å². The molecule has 0 saturated heterocycles. The summed E-state index contributed by atoms with van der Waals surface area (Å²) in [6.45, 7) is 5.69. The Kier molecular flexibility index (Phi) is 4.00. The van der Waals surface area contributed by atoms with E-state index in [-0.39, 0.29) is 17.9 Å². The van der Waals surface area contributed by atoms with Crippen molar-refractivity contribution in [2.75, 3.05) is 0 Å². The van der Waals surface area contributed by atoms with Crippen molar-refractivity contribution >= 4 is 23.1 Å². The number of H-pyrrole nitrogens is 1. The number of rotatable bonds is 4. The molecule has 4 N–H and O–H groups in total. The van der Waals surface area contributed by atoms with E-state index in [9.17, 15) is 4.79 Å². The molecule has 0 bridgehead atoms. The van der Waals surface area contributed by atoms with Crippen molar-refractivity contribution in [1.82, 2.24) is 15.5 Å².